The lowest BCUT2D eigenvalue weighted by molar-refractivity contribution is 0.193. The fraction of sp³-hybridized carbons (Fsp3) is 0.500. The Kier molecular flexibility index (Phi) is 6.46. The minimum Gasteiger partial charge on any atom is -0.385 e. The molecule has 4 N–H and O–H groups in total. The number of aromatic nitrogens is 1. The van der Waals surface area contributed by atoms with Crippen LogP contribution in [-0.4, -0.2) is 33.7 Å². The molecule has 0 amide bonds. The fourth-order valence-corrected chi connectivity index (χ4v) is 2.66. The van der Waals surface area contributed by atoms with Crippen molar-refractivity contribution in [3.8, 4) is 0 Å². The summed E-state index contributed by atoms with van der Waals surface area (Å²) in [5.41, 5.74) is 2.27. The van der Waals surface area contributed by atoms with Gasteiger partial charge in [0.15, 0.2) is 5.82 Å². The Balaban J connectivity index is 2.64. The third-order valence-corrected chi connectivity index (χ3v) is 4.05. The molecule has 0 unspecified atom stereocenters. The minimum absolute atomic E-state index is 0.00300. The summed E-state index contributed by atoms with van der Waals surface area (Å²) in [6, 6.07) is 1.29. The number of hydrazine groups is 1. The van der Waals surface area contributed by atoms with Gasteiger partial charge in [0.05, 0.1) is 5.02 Å². The van der Waals surface area contributed by atoms with Gasteiger partial charge in [0.25, 0.3) is 0 Å². The van der Waals surface area contributed by atoms with Crippen LogP contribution in [0.5, 0.6) is 0 Å². The van der Waals surface area contributed by atoms with Crippen LogP contribution < -0.4 is 16.0 Å². The number of nitrogens with one attached hydrogen (secondary N) is 2. The van der Waals surface area contributed by atoms with E-state index in [9.17, 15) is 8.42 Å². The van der Waals surface area contributed by atoms with Crippen molar-refractivity contribution in [1.29, 1.82) is 0 Å². The summed E-state index contributed by atoms with van der Waals surface area (Å²) in [7, 11) is -2.00. The first-order valence-corrected chi connectivity index (χ1v) is 7.48. The molecule has 0 aliphatic rings. The van der Waals surface area contributed by atoms with E-state index >= 15 is 0 Å². The first-order chi connectivity index (χ1) is 9.01. The number of pyridine rings is 1. The number of anilines is 1. The van der Waals surface area contributed by atoms with Crippen LogP contribution in [0.1, 0.15) is 12.8 Å². The topological polar surface area (TPSA) is 106 Å². The second kappa shape index (κ2) is 7.61. The quantitative estimate of drug-likeness (QED) is 0.371. The van der Waals surface area contributed by atoms with Gasteiger partial charge in [-0.15, -0.1) is 0 Å². The van der Waals surface area contributed by atoms with E-state index in [4.69, 9.17) is 22.2 Å². The molecule has 0 bridgehead atoms. The molecule has 7 nitrogen and oxygen atoms in total. The Morgan fingerprint density at radius 3 is 2.79 bits per heavy atom. The van der Waals surface area contributed by atoms with Crippen LogP contribution in [-0.2, 0) is 14.8 Å². The number of unbranched alkanes of at least 4 members (excludes halogenated alkanes) is 1. The highest BCUT2D eigenvalue weighted by molar-refractivity contribution is 7.89. The van der Waals surface area contributed by atoms with Crippen molar-refractivity contribution in [3.63, 3.8) is 0 Å². The summed E-state index contributed by atoms with van der Waals surface area (Å²) in [5, 5.41) is 0.143. The maximum atomic E-state index is 11.9. The van der Waals surface area contributed by atoms with Crippen molar-refractivity contribution in [3.05, 3.63) is 17.3 Å². The maximum Gasteiger partial charge on any atom is 0.242 e. The molecule has 1 aromatic rings. The molecular formula is C10H17ClN4O3S. The Labute approximate surface area is 117 Å². The Morgan fingerprint density at radius 1 is 1.47 bits per heavy atom. The number of nitrogens with two attached hydrogens (primary N) is 1. The summed E-state index contributed by atoms with van der Waals surface area (Å²) in [6.45, 7) is 0.937. The number of ether oxygens (including phenoxy) is 1. The van der Waals surface area contributed by atoms with Crippen molar-refractivity contribution < 1.29 is 13.2 Å². The summed E-state index contributed by atoms with van der Waals surface area (Å²) in [5.74, 6) is 5.39. The van der Waals surface area contributed by atoms with Gasteiger partial charge in [-0.1, -0.05) is 11.6 Å². The van der Waals surface area contributed by atoms with Crippen molar-refractivity contribution in [2.75, 3.05) is 25.7 Å². The Hall–Kier alpha value is -0.930. The van der Waals surface area contributed by atoms with Crippen molar-refractivity contribution in [2.45, 2.75) is 17.7 Å². The van der Waals surface area contributed by atoms with E-state index in [1.54, 1.807) is 7.11 Å². The van der Waals surface area contributed by atoms with Gasteiger partial charge in [0.2, 0.25) is 10.0 Å². The summed E-state index contributed by atoms with van der Waals surface area (Å²) >= 11 is 5.82. The van der Waals surface area contributed by atoms with Gasteiger partial charge < -0.3 is 10.2 Å². The highest BCUT2D eigenvalue weighted by Gasteiger charge is 2.15. The third-order valence-electron chi connectivity index (χ3n) is 2.33. The van der Waals surface area contributed by atoms with Crippen LogP contribution in [0.2, 0.25) is 5.02 Å². The minimum atomic E-state index is -3.60. The number of nitrogen functional groups attached to an aromatic ring is 1. The van der Waals surface area contributed by atoms with Crippen LogP contribution in [0.25, 0.3) is 0 Å². The molecule has 0 aliphatic carbocycles. The van der Waals surface area contributed by atoms with E-state index < -0.39 is 10.0 Å². The molecule has 0 fully saturated rings. The molecule has 9 heteroatoms. The monoisotopic (exact) mass is 308 g/mol. The highest BCUT2D eigenvalue weighted by atomic mass is 35.5. The molecule has 0 atom stereocenters. The molecule has 108 valence electrons. The number of hydrogen-bond donors (Lipinski definition) is 3. The first-order valence-electron chi connectivity index (χ1n) is 5.62. The van der Waals surface area contributed by atoms with Crippen molar-refractivity contribution >= 4 is 27.4 Å². The smallest absolute Gasteiger partial charge is 0.242 e. The maximum absolute atomic E-state index is 11.9. The summed E-state index contributed by atoms with van der Waals surface area (Å²) < 4.78 is 31.2. The van der Waals surface area contributed by atoms with Crippen LogP contribution >= 0.6 is 11.6 Å². The van der Waals surface area contributed by atoms with Crippen molar-refractivity contribution in [1.82, 2.24) is 9.71 Å². The third kappa shape index (κ3) is 4.92. The lowest BCUT2D eigenvalue weighted by Crippen LogP contribution is -2.25. The average Bonchev–Trinajstić information content (AvgIpc) is 2.38. The number of methoxy groups -OCH3 is 1. The zero-order chi connectivity index (χ0) is 14.3. The normalized spacial score (nSPS) is 11.5. The fourth-order valence-electron chi connectivity index (χ4n) is 1.33. The molecule has 0 aromatic carbocycles. The number of rotatable bonds is 8. The summed E-state index contributed by atoms with van der Waals surface area (Å²) in [6.07, 6.45) is 2.67. The molecule has 0 saturated carbocycles. The number of hydrogen-bond acceptors (Lipinski definition) is 6. The standard InChI is InChI=1S/C10H17ClN4O3S/c1-18-5-3-2-4-14-19(16,17)8-6-9(11)10(15-12)13-7-8/h6-7,14H,2-5,12H2,1H3,(H,13,15). The van der Waals surface area contributed by atoms with Crippen LogP contribution in [0.4, 0.5) is 5.82 Å². The molecular weight excluding hydrogens is 292 g/mol. The Bertz CT molecular complexity index is 509. The van der Waals surface area contributed by atoms with E-state index in [-0.39, 0.29) is 15.7 Å². The SMILES string of the molecule is COCCCCNS(=O)(=O)c1cnc(NN)c(Cl)c1. The predicted octanol–water partition coefficient (Wildman–Crippen LogP) is 0.726. The zero-order valence-electron chi connectivity index (χ0n) is 10.5. The van der Waals surface area contributed by atoms with E-state index in [1.165, 1.54) is 12.3 Å². The molecule has 0 saturated heterocycles. The second-order valence-electron chi connectivity index (χ2n) is 3.74. The van der Waals surface area contributed by atoms with E-state index in [0.717, 1.165) is 6.42 Å². The van der Waals surface area contributed by atoms with Gasteiger partial charge in [-0.05, 0) is 18.9 Å². The van der Waals surface area contributed by atoms with E-state index in [2.05, 4.69) is 15.1 Å². The molecule has 1 heterocycles. The molecule has 19 heavy (non-hydrogen) atoms. The van der Waals surface area contributed by atoms with Crippen LogP contribution in [0.15, 0.2) is 17.2 Å². The van der Waals surface area contributed by atoms with E-state index in [1.807, 2.05) is 0 Å². The van der Waals surface area contributed by atoms with Gasteiger partial charge in [0, 0.05) is 26.5 Å². The molecule has 0 spiro atoms. The number of halogens is 1. The molecule has 0 aliphatic heterocycles. The lowest BCUT2D eigenvalue weighted by atomic mass is 10.3. The van der Waals surface area contributed by atoms with Gasteiger partial charge in [-0.25, -0.2) is 24.0 Å². The highest BCUT2D eigenvalue weighted by Crippen LogP contribution is 2.21. The van der Waals surface area contributed by atoms with Crippen LogP contribution in [0.3, 0.4) is 0 Å². The number of sulfonamides is 1. The van der Waals surface area contributed by atoms with Gasteiger partial charge in [0.1, 0.15) is 4.90 Å². The van der Waals surface area contributed by atoms with E-state index in [0.29, 0.717) is 19.6 Å². The number of nitrogens with zero attached hydrogens (tertiary/aromatic N) is 1. The lowest BCUT2D eigenvalue weighted by Gasteiger charge is -2.08. The average molecular weight is 309 g/mol. The molecule has 1 rings (SSSR count). The largest absolute Gasteiger partial charge is 0.385 e. The first kappa shape index (κ1) is 16.1. The summed E-state index contributed by atoms with van der Waals surface area (Å²) in [4.78, 5) is 3.82. The van der Waals surface area contributed by atoms with Crippen molar-refractivity contribution in [2.24, 2.45) is 5.84 Å². The van der Waals surface area contributed by atoms with Gasteiger partial charge in [-0.3, -0.25) is 0 Å². The predicted molar refractivity (Wildman–Crippen MR) is 73.4 cm³/mol. The van der Waals surface area contributed by atoms with Gasteiger partial charge in [-0.2, -0.15) is 0 Å². The molecule has 1 aromatic heterocycles. The van der Waals surface area contributed by atoms with Crippen LogP contribution in [0, 0.1) is 0 Å². The Morgan fingerprint density at radius 2 is 2.21 bits per heavy atom. The van der Waals surface area contributed by atoms with Gasteiger partial charge >= 0.3 is 0 Å². The molecule has 0 radical (unpaired) electrons. The second-order valence-corrected chi connectivity index (χ2v) is 5.92. The zero-order valence-corrected chi connectivity index (χ0v) is 12.1.